The lowest BCUT2D eigenvalue weighted by molar-refractivity contribution is 0.143. The summed E-state index contributed by atoms with van der Waals surface area (Å²) in [6.07, 6.45) is 1.51. The summed E-state index contributed by atoms with van der Waals surface area (Å²) >= 11 is 0. The SMILES string of the molecule is COc1ccc(-n2ccc(O[C@H](C)COc3ccccc3)cc2=O)cc1. The summed E-state index contributed by atoms with van der Waals surface area (Å²) in [4.78, 5) is 12.4. The van der Waals surface area contributed by atoms with E-state index in [1.807, 2.05) is 61.5 Å². The fourth-order valence-corrected chi connectivity index (χ4v) is 2.49. The van der Waals surface area contributed by atoms with Crippen LogP contribution in [0.1, 0.15) is 6.92 Å². The van der Waals surface area contributed by atoms with E-state index in [4.69, 9.17) is 14.2 Å². The van der Waals surface area contributed by atoms with Crippen molar-refractivity contribution in [3.63, 3.8) is 0 Å². The highest BCUT2D eigenvalue weighted by atomic mass is 16.5. The van der Waals surface area contributed by atoms with Crippen molar-refractivity contribution in [3.8, 4) is 22.9 Å². The first kappa shape index (κ1) is 17.6. The zero-order valence-electron chi connectivity index (χ0n) is 14.8. The molecule has 0 fully saturated rings. The van der Waals surface area contributed by atoms with Crippen molar-refractivity contribution in [1.82, 2.24) is 4.57 Å². The molecule has 2 aromatic carbocycles. The van der Waals surface area contributed by atoms with Gasteiger partial charge in [-0.1, -0.05) is 18.2 Å². The van der Waals surface area contributed by atoms with E-state index in [2.05, 4.69) is 0 Å². The fraction of sp³-hybridized carbons (Fsp3) is 0.190. The van der Waals surface area contributed by atoms with Crippen molar-refractivity contribution in [1.29, 1.82) is 0 Å². The molecule has 5 nitrogen and oxygen atoms in total. The highest BCUT2D eigenvalue weighted by Crippen LogP contribution is 2.16. The number of nitrogens with zero attached hydrogens (tertiary/aromatic N) is 1. The quantitative estimate of drug-likeness (QED) is 0.651. The Bertz CT molecular complexity index is 888. The fourth-order valence-electron chi connectivity index (χ4n) is 2.49. The molecule has 26 heavy (non-hydrogen) atoms. The van der Waals surface area contributed by atoms with E-state index in [9.17, 15) is 4.79 Å². The zero-order chi connectivity index (χ0) is 18.4. The molecule has 3 rings (SSSR count). The van der Waals surface area contributed by atoms with Crippen molar-refractivity contribution < 1.29 is 14.2 Å². The van der Waals surface area contributed by atoms with Gasteiger partial charge in [0.1, 0.15) is 30.0 Å². The summed E-state index contributed by atoms with van der Waals surface area (Å²) in [5.74, 6) is 2.05. The zero-order valence-corrected chi connectivity index (χ0v) is 14.8. The minimum atomic E-state index is -0.188. The van der Waals surface area contributed by atoms with Crippen LogP contribution in [0.4, 0.5) is 0 Å². The van der Waals surface area contributed by atoms with Gasteiger partial charge in [-0.3, -0.25) is 9.36 Å². The summed E-state index contributed by atoms with van der Waals surface area (Å²) < 4.78 is 18.1. The third-order valence-corrected chi connectivity index (χ3v) is 3.81. The summed E-state index contributed by atoms with van der Waals surface area (Å²) in [5, 5.41) is 0. The molecular weight excluding hydrogens is 330 g/mol. The summed E-state index contributed by atoms with van der Waals surface area (Å²) in [7, 11) is 1.61. The number of benzene rings is 2. The normalized spacial score (nSPS) is 11.6. The van der Waals surface area contributed by atoms with E-state index in [0.717, 1.165) is 17.2 Å². The van der Waals surface area contributed by atoms with E-state index in [0.29, 0.717) is 12.4 Å². The second-order valence-corrected chi connectivity index (χ2v) is 5.82. The molecule has 1 heterocycles. The summed E-state index contributed by atoms with van der Waals surface area (Å²) in [6.45, 7) is 2.30. The number of pyridine rings is 1. The average Bonchev–Trinajstić information content (AvgIpc) is 2.67. The van der Waals surface area contributed by atoms with Gasteiger partial charge in [-0.2, -0.15) is 0 Å². The maximum atomic E-state index is 12.4. The van der Waals surface area contributed by atoms with Gasteiger partial charge in [-0.15, -0.1) is 0 Å². The molecule has 0 saturated carbocycles. The lowest BCUT2D eigenvalue weighted by Crippen LogP contribution is -2.23. The molecule has 0 bridgehead atoms. The number of hydrogen-bond donors (Lipinski definition) is 0. The van der Waals surface area contributed by atoms with Gasteiger partial charge in [0.05, 0.1) is 7.11 Å². The maximum absolute atomic E-state index is 12.4. The predicted octanol–water partition coefficient (Wildman–Crippen LogP) is 3.69. The van der Waals surface area contributed by atoms with E-state index in [1.54, 1.807) is 23.9 Å². The number of para-hydroxylation sites is 1. The summed E-state index contributed by atoms with van der Waals surface area (Å²) in [5.41, 5.74) is 0.603. The van der Waals surface area contributed by atoms with Crippen molar-refractivity contribution >= 4 is 0 Å². The monoisotopic (exact) mass is 351 g/mol. The molecule has 0 aliphatic carbocycles. The van der Waals surface area contributed by atoms with Crippen LogP contribution < -0.4 is 19.8 Å². The van der Waals surface area contributed by atoms with E-state index in [1.165, 1.54) is 6.07 Å². The van der Waals surface area contributed by atoms with Crippen LogP contribution in [0.2, 0.25) is 0 Å². The van der Waals surface area contributed by atoms with Crippen molar-refractivity contribution in [2.75, 3.05) is 13.7 Å². The Morgan fingerprint density at radius 2 is 1.65 bits per heavy atom. The van der Waals surface area contributed by atoms with Gasteiger partial charge < -0.3 is 14.2 Å². The molecule has 3 aromatic rings. The number of rotatable bonds is 7. The number of ether oxygens (including phenoxy) is 3. The second kappa shape index (κ2) is 8.25. The standard InChI is InChI=1S/C21H21NO4/c1-16(15-25-19-6-4-3-5-7-19)26-20-12-13-22(21(23)14-20)17-8-10-18(24-2)11-9-17/h3-14,16H,15H2,1-2H3/t16-/m1/s1. The van der Waals surface area contributed by atoms with Crippen LogP contribution in [0.5, 0.6) is 17.2 Å². The molecule has 5 heteroatoms. The minimum absolute atomic E-state index is 0.163. The lowest BCUT2D eigenvalue weighted by Gasteiger charge is -2.16. The van der Waals surface area contributed by atoms with Gasteiger partial charge in [0.2, 0.25) is 0 Å². The topological polar surface area (TPSA) is 49.7 Å². The molecular formula is C21H21NO4. The van der Waals surface area contributed by atoms with Crippen LogP contribution >= 0.6 is 0 Å². The third kappa shape index (κ3) is 4.45. The van der Waals surface area contributed by atoms with Crippen molar-refractivity contribution in [2.45, 2.75) is 13.0 Å². The van der Waals surface area contributed by atoms with Crippen LogP contribution in [-0.2, 0) is 0 Å². The number of methoxy groups -OCH3 is 1. The van der Waals surface area contributed by atoms with Crippen LogP contribution in [0.25, 0.3) is 5.69 Å². The first-order valence-electron chi connectivity index (χ1n) is 8.37. The molecule has 0 unspecified atom stereocenters. The molecule has 1 aromatic heterocycles. The first-order valence-corrected chi connectivity index (χ1v) is 8.37. The smallest absolute Gasteiger partial charge is 0.258 e. The van der Waals surface area contributed by atoms with Gasteiger partial charge in [0.25, 0.3) is 5.56 Å². The molecule has 0 spiro atoms. The average molecular weight is 351 g/mol. The van der Waals surface area contributed by atoms with Crippen molar-refractivity contribution in [2.24, 2.45) is 0 Å². The van der Waals surface area contributed by atoms with Crippen LogP contribution in [0, 0.1) is 0 Å². The number of aromatic nitrogens is 1. The Labute approximate surface area is 152 Å². The van der Waals surface area contributed by atoms with Gasteiger partial charge in [0.15, 0.2) is 0 Å². The molecule has 0 amide bonds. The second-order valence-electron chi connectivity index (χ2n) is 5.82. The van der Waals surface area contributed by atoms with E-state index < -0.39 is 0 Å². The predicted molar refractivity (Wildman–Crippen MR) is 101 cm³/mol. The Morgan fingerprint density at radius 1 is 0.923 bits per heavy atom. The Kier molecular flexibility index (Phi) is 5.59. The largest absolute Gasteiger partial charge is 0.497 e. The van der Waals surface area contributed by atoms with E-state index >= 15 is 0 Å². The number of hydrogen-bond acceptors (Lipinski definition) is 4. The molecule has 0 aliphatic heterocycles. The Hall–Kier alpha value is -3.21. The van der Waals surface area contributed by atoms with Gasteiger partial charge in [-0.25, -0.2) is 0 Å². The Balaban J connectivity index is 1.64. The molecule has 1 atom stereocenters. The van der Waals surface area contributed by atoms with Crippen LogP contribution in [-0.4, -0.2) is 24.4 Å². The van der Waals surface area contributed by atoms with E-state index in [-0.39, 0.29) is 11.7 Å². The highest BCUT2D eigenvalue weighted by Gasteiger charge is 2.08. The minimum Gasteiger partial charge on any atom is -0.497 e. The Morgan fingerprint density at radius 3 is 2.31 bits per heavy atom. The van der Waals surface area contributed by atoms with Gasteiger partial charge >= 0.3 is 0 Å². The van der Waals surface area contributed by atoms with Crippen molar-refractivity contribution in [3.05, 3.63) is 83.3 Å². The van der Waals surface area contributed by atoms with Gasteiger partial charge in [0, 0.05) is 18.0 Å². The highest BCUT2D eigenvalue weighted by molar-refractivity contribution is 5.38. The molecule has 0 aliphatic rings. The summed E-state index contributed by atoms with van der Waals surface area (Å²) in [6, 6.07) is 20.1. The maximum Gasteiger partial charge on any atom is 0.258 e. The lowest BCUT2D eigenvalue weighted by atomic mass is 10.3. The molecule has 0 radical (unpaired) electrons. The van der Waals surface area contributed by atoms with Crippen LogP contribution in [0.15, 0.2) is 77.7 Å². The molecule has 0 N–H and O–H groups in total. The molecule has 134 valence electrons. The third-order valence-electron chi connectivity index (χ3n) is 3.81. The first-order chi connectivity index (χ1) is 12.7. The van der Waals surface area contributed by atoms with Crippen LogP contribution in [0.3, 0.4) is 0 Å². The van der Waals surface area contributed by atoms with Gasteiger partial charge in [-0.05, 0) is 49.4 Å². The molecule has 0 saturated heterocycles.